The highest BCUT2D eigenvalue weighted by molar-refractivity contribution is 6.38. The quantitative estimate of drug-likeness (QED) is 0.638. The first kappa shape index (κ1) is 23.8. The van der Waals surface area contributed by atoms with E-state index in [1.165, 1.54) is 4.57 Å². The van der Waals surface area contributed by atoms with Gasteiger partial charge in [0, 0.05) is 31.1 Å². The molecule has 0 bridgehead atoms. The average Bonchev–Trinajstić information content (AvgIpc) is 3.62. The maximum absolute atomic E-state index is 15.4. The Morgan fingerprint density at radius 1 is 1.31 bits per heavy atom. The van der Waals surface area contributed by atoms with Crippen LogP contribution in [-0.4, -0.2) is 52.6 Å². The molecule has 0 radical (unpaired) electrons. The Hall–Kier alpha value is -2.88. The van der Waals surface area contributed by atoms with Gasteiger partial charge in [-0.2, -0.15) is 0 Å². The van der Waals surface area contributed by atoms with E-state index in [-0.39, 0.29) is 46.0 Å². The van der Waals surface area contributed by atoms with Crippen LogP contribution in [0.2, 0.25) is 5.02 Å². The average molecular weight is 510 g/mol. The maximum Gasteiger partial charge on any atom is 0.407 e. The molecule has 188 valence electrons. The Morgan fingerprint density at radius 2 is 1.97 bits per heavy atom. The number of hydrogen-bond acceptors (Lipinski definition) is 5. The summed E-state index contributed by atoms with van der Waals surface area (Å²) in [4.78, 5) is 38.5. The zero-order chi connectivity index (χ0) is 25.4. The number of nitrogens with zero attached hydrogens (tertiary/aromatic N) is 2. The number of carbonyl (C=O) groups excluding carboxylic acids is 1. The molecule has 1 spiro atoms. The Balaban J connectivity index is 1.55. The number of carboxylic acid groups (broad SMARTS) is 1. The second kappa shape index (κ2) is 7.81. The fourth-order valence-corrected chi connectivity index (χ4v) is 5.44. The number of carboxylic acids is 1. The standard InChI is InChI=1S/C24H26ClF2N3O5/c1-23(2,3)35-22(34)28-16-9-29(10-24(16)4-5-24)19-14(27)6-11-18(17(19)25)30(15-7-13(15)26)8-12(20(11)31)21(32)33/h6,8,13,15-16H,4-5,7,9-10H2,1-3H3,(H,28,34)(H,32,33)/t13-,15+,16-/m1/s1. The molecule has 2 aromatic rings. The Labute approximate surface area is 204 Å². The first-order valence-corrected chi connectivity index (χ1v) is 11.9. The van der Waals surface area contributed by atoms with Crippen LogP contribution in [-0.2, 0) is 4.74 Å². The molecule has 1 aromatic carbocycles. The number of hydrogen-bond donors (Lipinski definition) is 2. The fraction of sp³-hybridized carbons (Fsp3) is 0.542. The van der Waals surface area contributed by atoms with Gasteiger partial charge in [-0.05, 0) is 39.7 Å². The molecule has 5 rings (SSSR count). The van der Waals surface area contributed by atoms with Crippen molar-refractivity contribution in [2.24, 2.45) is 5.41 Å². The third-order valence-corrected chi connectivity index (χ3v) is 7.36. The van der Waals surface area contributed by atoms with E-state index in [2.05, 4.69) is 5.32 Å². The van der Waals surface area contributed by atoms with Crippen LogP contribution >= 0.6 is 11.6 Å². The summed E-state index contributed by atoms with van der Waals surface area (Å²) in [5.41, 5.74) is -2.20. The van der Waals surface area contributed by atoms with Crippen LogP contribution in [0.25, 0.3) is 10.9 Å². The van der Waals surface area contributed by atoms with E-state index in [0.717, 1.165) is 25.1 Å². The van der Waals surface area contributed by atoms with Crippen LogP contribution in [0.4, 0.5) is 19.3 Å². The zero-order valence-corrected chi connectivity index (χ0v) is 20.3. The van der Waals surface area contributed by atoms with E-state index < -0.39 is 46.7 Å². The minimum Gasteiger partial charge on any atom is -0.477 e. The summed E-state index contributed by atoms with van der Waals surface area (Å²) in [6.45, 7) is 6.00. The number of ether oxygens (including phenoxy) is 1. The summed E-state index contributed by atoms with van der Waals surface area (Å²) in [6.07, 6.45) is 1.15. The van der Waals surface area contributed by atoms with Gasteiger partial charge in [0.25, 0.3) is 0 Å². The van der Waals surface area contributed by atoms with Crippen molar-refractivity contribution in [3.63, 3.8) is 0 Å². The highest BCUT2D eigenvalue weighted by atomic mass is 35.5. The van der Waals surface area contributed by atoms with E-state index in [1.54, 1.807) is 25.7 Å². The van der Waals surface area contributed by atoms with E-state index >= 15 is 4.39 Å². The van der Waals surface area contributed by atoms with Gasteiger partial charge in [-0.1, -0.05) is 11.6 Å². The lowest BCUT2D eigenvalue weighted by atomic mass is 10.0. The number of pyridine rings is 1. The van der Waals surface area contributed by atoms with Gasteiger partial charge in [-0.15, -0.1) is 0 Å². The zero-order valence-electron chi connectivity index (χ0n) is 19.5. The van der Waals surface area contributed by atoms with Gasteiger partial charge < -0.3 is 24.6 Å². The van der Waals surface area contributed by atoms with Crippen molar-refractivity contribution in [1.82, 2.24) is 9.88 Å². The Bertz CT molecular complexity index is 1320. The monoisotopic (exact) mass is 509 g/mol. The molecule has 1 amide bonds. The largest absolute Gasteiger partial charge is 0.477 e. The normalized spacial score (nSPS) is 24.6. The summed E-state index contributed by atoms with van der Waals surface area (Å²) in [6, 6.07) is 0.00623. The predicted octanol–water partition coefficient (Wildman–Crippen LogP) is 4.27. The van der Waals surface area contributed by atoms with Gasteiger partial charge >= 0.3 is 12.1 Å². The molecule has 3 fully saturated rings. The molecule has 3 aliphatic rings. The molecule has 0 unspecified atom stereocenters. The summed E-state index contributed by atoms with van der Waals surface area (Å²) in [5, 5.41) is 12.0. The topological polar surface area (TPSA) is 101 Å². The molecule has 1 aromatic heterocycles. The van der Waals surface area contributed by atoms with Crippen LogP contribution in [0.3, 0.4) is 0 Å². The molecule has 3 atom stereocenters. The second-order valence-electron chi connectivity index (χ2n) is 10.8. The molecular weight excluding hydrogens is 484 g/mol. The first-order chi connectivity index (χ1) is 16.3. The Kier molecular flexibility index (Phi) is 5.32. The smallest absolute Gasteiger partial charge is 0.407 e. The molecule has 8 nitrogen and oxygen atoms in total. The number of rotatable bonds is 4. The molecule has 1 saturated heterocycles. The molecule has 2 saturated carbocycles. The second-order valence-corrected chi connectivity index (χ2v) is 11.1. The van der Waals surface area contributed by atoms with Crippen molar-refractivity contribution >= 4 is 40.3 Å². The summed E-state index contributed by atoms with van der Waals surface area (Å²) >= 11 is 6.69. The molecule has 2 heterocycles. The lowest BCUT2D eigenvalue weighted by molar-refractivity contribution is 0.0493. The fourth-order valence-electron chi connectivity index (χ4n) is 5.03. The van der Waals surface area contributed by atoms with Crippen molar-refractivity contribution in [3.8, 4) is 0 Å². The number of carbonyl (C=O) groups is 2. The number of alkyl carbamates (subject to hydrolysis) is 1. The molecular formula is C24H26ClF2N3O5. The van der Waals surface area contributed by atoms with Crippen molar-refractivity contribution in [2.45, 2.75) is 63.9 Å². The number of nitrogens with one attached hydrogen (secondary N) is 1. The van der Waals surface area contributed by atoms with Crippen molar-refractivity contribution in [1.29, 1.82) is 0 Å². The predicted molar refractivity (Wildman–Crippen MR) is 126 cm³/mol. The third-order valence-electron chi connectivity index (χ3n) is 7.00. The van der Waals surface area contributed by atoms with E-state index in [4.69, 9.17) is 16.3 Å². The number of amides is 1. The molecule has 35 heavy (non-hydrogen) atoms. The third kappa shape index (κ3) is 4.11. The minimum absolute atomic E-state index is 0.0474. The number of halogens is 3. The van der Waals surface area contributed by atoms with Gasteiger partial charge in [-0.3, -0.25) is 4.79 Å². The maximum atomic E-state index is 15.4. The molecule has 2 aliphatic carbocycles. The van der Waals surface area contributed by atoms with Crippen LogP contribution < -0.4 is 15.6 Å². The lowest BCUT2D eigenvalue weighted by Gasteiger charge is -2.24. The van der Waals surface area contributed by atoms with Crippen molar-refractivity contribution in [2.75, 3.05) is 18.0 Å². The minimum atomic E-state index is -1.48. The van der Waals surface area contributed by atoms with Crippen LogP contribution in [0, 0.1) is 11.2 Å². The van der Waals surface area contributed by atoms with E-state index in [0.29, 0.717) is 6.54 Å². The highest BCUT2D eigenvalue weighted by Gasteiger charge is 2.56. The van der Waals surface area contributed by atoms with Crippen LogP contribution in [0.5, 0.6) is 0 Å². The van der Waals surface area contributed by atoms with Crippen molar-refractivity contribution in [3.05, 3.63) is 38.9 Å². The first-order valence-electron chi connectivity index (χ1n) is 11.5. The summed E-state index contributed by atoms with van der Waals surface area (Å²) < 4.78 is 36.2. The van der Waals surface area contributed by atoms with Crippen LogP contribution in [0.15, 0.2) is 17.1 Å². The molecule has 11 heteroatoms. The van der Waals surface area contributed by atoms with Gasteiger partial charge in [0.1, 0.15) is 23.2 Å². The van der Waals surface area contributed by atoms with Crippen LogP contribution in [0.1, 0.15) is 56.4 Å². The van der Waals surface area contributed by atoms with Gasteiger partial charge in [0.05, 0.1) is 33.7 Å². The highest BCUT2D eigenvalue weighted by Crippen LogP contribution is 2.55. The summed E-state index contributed by atoms with van der Waals surface area (Å²) in [5.74, 6) is -2.26. The Morgan fingerprint density at radius 3 is 2.51 bits per heavy atom. The van der Waals surface area contributed by atoms with Gasteiger partial charge in [-0.25, -0.2) is 18.4 Å². The van der Waals surface area contributed by atoms with E-state index in [9.17, 15) is 23.9 Å². The van der Waals surface area contributed by atoms with Gasteiger partial charge in [0.15, 0.2) is 0 Å². The number of fused-ring (bicyclic) bond motifs is 1. The van der Waals surface area contributed by atoms with E-state index in [1.807, 2.05) is 0 Å². The number of aromatic nitrogens is 1. The number of aromatic carboxylic acids is 1. The van der Waals surface area contributed by atoms with Crippen molar-refractivity contribution < 1.29 is 28.2 Å². The summed E-state index contributed by atoms with van der Waals surface area (Å²) in [7, 11) is 0. The van der Waals surface area contributed by atoms with Gasteiger partial charge in [0.2, 0.25) is 5.43 Å². The number of benzene rings is 1. The molecule has 2 N–H and O–H groups in total. The molecule has 1 aliphatic heterocycles. The lowest BCUT2D eigenvalue weighted by Crippen LogP contribution is -2.44. The number of anilines is 1. The SMILES string of the molecule is CC(C)(C)OC(=O)N[C@@H]1CN(c2c(F)cc3c(=O)c(C(=O)O)cn([C@H]4C[C@H]4F)c3c2Cl)CC12CC2. The number of alkyl halides is 1.